The number of aromatic amines is 1. The number of hydrogen-bond donors (Lipinski definition) is 2. The topological polar surface area (TPSA) is 73.4 Å². The lowest BCUT2D eigenvalue weighted by atomic mass is 10.1. The number of carbonyl (C=O) groups is 1. The number of fused-ring (bicyclic) bond motifs is 4. The summed E-state index contributed by atoms with van der Waals surface area (Å²) in [6, 6.07) is 13.5. The zero-order chi connectivity index (χ0) is 16.8. The molecule has 2 aromatic carbocycles. The highest BCUT2D eigenvalue weighted by Gasteiger charge is 2.29. The van der Waals surface area contributed by atoms with Gasteiger partial charge in [-0.2, -0.15) is 0 Å². The Morgan fingerprint density at radius 1 is 1.20 bits per heavy atom. The Bertz CT molecular complexity index is 1060. The van der Waals surface area contributed by atoms with Crippen molar-refractivity contribution in [3.05, 3.63) is 71.8 Å². The zero-order valence-corrected chi connectivity index (χ0v) is 13.4. The molecular formula is C19H15N5O. The molecule has 0 fully saturated rings. The molecule has 0 amide bonds. The lowest BCUT2D eigenvalue weighted by Gasteiger charge is -2.31. The summed E-state index contributed by atoms with van der Waals surface area (Å²) in [5, 5.41) is 3.37. The van der Waals surface area contributed by atoms with Crippen LogP contribution in [-0.2, 0) is 0 Å². The first-order valence-electron chi connectivity index (χ1n) is 8.17. The van der Waals surface area contributed by atoms with Crippen LogP contribution in [-0.4, -0.2) is 39.6 Å². The van der Waals surface area contributed by atoms with Gasteiger partial charge in [-0.1, -0.05) is 12.1 Å². The van der Waals surface area contributed by atoms with E-state index in [0.29, 0.717) is 5.56 Å². The van der Waals surface area contributed by atoms with Crippen molar-refractivity contribution < 1.29 is 4.79 Å². The van der Waals surface area contributed by atoms with Crippen molar-refractivity contribution in [2.75, 3.05) is 18.4 Å². The number of para-hydroxylation sites is 1. The maximum Gasteiger partial charge on any atom is 0.189 e. The third-order valence-corrected chi connectivity index (χ3v) is 4.53. The quantitative estimate of drug-likeness (QED) is 0.560. The van der Waals surface area contributed by atoms with Crippen molar-refractivity contribution in [2.45, 2.75) is 0 Å². The van der Waals surface area contributed by atoms with E-state index < -0.39 is 0 Å². The third kappa shape index (κ3) is 2.22. The second-order valence-electron chi connectivity index (χ2n) is 6.06. The number of rotatable bonds is 2. The number of aliphatic imine (C=N–C) groups is 1. The van der Waals surface area contributed by atoms with Gasteiger partial charge in [0.2, 0.25) is 0 Å². The first-order chi connectivity index (χ1) is 12.3. The summed E-state index contributed by atoms with van der Waals surface area (Å²) >= 11 is 0. The van der Waals surface area contributed by atoms with Gasteiger partial charge in [0.1, 0.15) is 11.7 Å². The Morgan fingerprint density at radius 2 is 2.12 bits per heavy atom. The first kappa shape index (κ1) is 14.0. The summed E-state index contributed by atoms with van der Waals surface area (Å²) < 4.78 is 0. The van der Waals surface area contributed by atoms with Gasteiger partial charge in [-0.3, -0.25) is 9.79 Å². The van der Waals surface area contributed by atoms with Gasteiger partial charge in [-0.25, -0.2) is 4.98 Å². The molecule has 3 heterocycles. The van der Waals surface area contributed by atoms with Gasteiger partial charge >= 0.3 is 0 Å². The third-order valence-electron chi connectivity index (χ3n) is 4.53. The molecule has 0 bridgehead atoms. The minimum absolute atomic E-state index is 0.0513. The monoisotopic (exact) mass is 329 g/mol. The number of anilines is 1. The molecule has 5 rings (SSSR count). The molecular weight excluding hydrogens is 314 g/mol. The summed E-state index contributed by atoms with van der Waals surface area (Å²) in [6.45, 7) is 1.51. The second-order valence-corrected chi connectivity index (χ2v) is 6.06. The molecule has 0 saturated carbocycles. The highest BCUT2D eigenvalue weighted by Crippen LogP contribution is 2.29. The van der Waals surface area contributed by atoms with Gasteiger partial charge in [0.05, 0.1) is 29.6 Å². The fourth-order valence-electron chi connectivity index (χ4n) is 3.32. The smallest absolute Gasteiger partial charge is 0.189 e. The molecule has 3 aromatic rings. The number of ketones is 1. The first-order valence-corrected chi connectivity index (χ1v) is 8.17. The Hall–Kier alpha value is -3.41. The fraction of sp³-hybridized carbons (Fsp3) is 0.105. The number of imidazole rings is 1. The Kier molecular flexibility index (Phi) is 2.97. The lowest BCUT2D eigenvalue weighted by Crippen LogP contribution is -2.36. The van der Waals surface area contributed by atoms with Crippen LogP contribution in [0.1, 0.15) is 15.9 Å². The van der Waals surface area contributed by atoms with Crippen LogP contribution in [0.5, 0.6) is 0 Å². The summed E-state index contributed by atoms with van der Waals surface area (Å²) in [5.74, 6) is 1.65. The molecule has 2 aliphatic heterocycles. The molecule has 0 spiro atoms. The van der Waals surface area contributed by atoms with Gasteiger partial charge < -0.3 is 15.2 Å². The molecule has 0 atom stereocenters. The number of aromatic nitrogens is 2. The maximum atomic E-state index is 12.8. The van der Waals surface area contributed by atoms with E-state index >= 15 is 0 Å². The zero-order valence-electron chi connectivity index (χ0n) is 13.4. The van der Waals surface area contributed by atoms with Crippen LogP contribution in [0.15, 0.2) is 65.7 Å². The normalized spacial score (nSPS) is 17.2. The largest absolute Gasteiger partial charge is 0.345 e. The fourth-order valence-corrected chi connectivity index (χ4v) is 3.32. The van der Waals surface area contributed by atoms with Crippen LogP contribution in [0.2, 0.25) is 0 Å². The molecule has 2 N–H and O–H groups in total. The predicted octanol–water partition coefficient (Wildman–Crippen LogP) is 2.77. The molecule has 6 heteroatoms. The van der Waals surface area contributed by atoms with Crippen molar-refractivity contribution in [1.82, 2.24) is 14.9 Å². The summed E-state index contributed by atoms with van der Waals surface area (Å²) in [4.78, 5) is 26.7. The highest BCUT2D eigenvalue weighted by molar-refractivity contribution is 6.11. The number of benzene rings is 2. The number of nitrogens with zero attached hydrogens (tertiary/aromatic N) is 3. The average Bonchev–Trinajstić information content (AvgIpc) is 3.30. The van der Waals surface area contributed by atoms with Crippen molar-refractivity contribution in [1.29, 1.82) is 0 Å². The summed E-state index contributed by atoms with van der Waals surface area (Å²) in [6.07, 6.45) is 3.28. The Labute approximate surface area is 143 Å². The molecule has 122 valence electrons. The molecule has 25 heavy (non-hydrogen) atoms. The van der Waals surface area contributed by atoms with Crippen LogP contribution < -0.4 is 5.32 Å². The Balaban J connectivity index is 1.54. The van der Waals surface area contributed by atoms with Gasteiger partial charge in [-0.15, -0.1) is 0 Å². The van der Waals surface area contributed by atoms with Crippen LogP contribution in [0, 0.1) is 0 Å². The number of amidine groups is 1. The molecule has 0 radical (unpaired) electrons. The average molecular weight is 329 g/mol. The van der Waals surface area contributed by atoms with E-state index in [1.54, 1.807) is 18.5 Å². The minimum Gasteiger partial charge on any atom is -0.345 e. The molecule has 0 unspecified atom stereocenters. The number of H-pyrrole nitrogens is 1. The molecule has 6 nitrogen and oxygen atoms in total. The SMILES string of the molecule is O=C(/C=C1\Nc2ccccc2C2=NCCN21)c1ccc2nc[nH]c2c1. The standard InChI is InChI=1S/C19H15N5O/c25-17(12-5-6-15-16(9-12)22-11-21-15)10-18-23-14-4-2-1-3-13(14)19-20-7-8-24(18)19/h1-6,9-11,23H,7-8H2,(H,21,22)/b18-10+. The van der Waals surface area contributed by atoms with E-state index in [2.05, 4.69) is 25.2 Å². The van der Waals surface area contributed by atoms with E-state index in [1.807, 2.05) is 36.4 Å². The van der Waals surface area contributed by atoms with Crippen LogP contribution in [0.3, 0.4) is 0 Å². The molecule has 0 saturated heterocycles. The van der Waals surface area contributed by atoms with Crippen molar-refractivity contribution in [2.24, 2.45) is 4.99 Å². The predicted molar refractivity (Wildman–Crippen MR) is 96.7 cm³/mol. The highest BCUT2D eigenvalue weighted by atomic mass is 16.1. The Morgan fingerprint density at radius 3 is 3.08 bits per heavy atom. The van der Waals surface area contributed by atoms with E-state index in [4.69, 9.17) is 0 Å². The van der Waals surface area contributed by atoms with Crippen LogP contribution >= 0.6 is 0 Å². The van der Waals surface area contributed by atoms with E-state index in [0.717, 1.165) is 47.0 Å². The summed E-state index contributed by atoms with van der Waals surface area (Å²) in [5.41, 5.74) is 4.38. The van der Waals surface area contributed by atoms with E-state index in [1.165, 1.54) is 0 Å². The van der Waals surface area contributed by atoms with E-state index in [9.17, 15) is 4.79 Å². The van der Waals surface area contributed by atoms with Crippen molar-refractivity contribution >= 4 is 28.3 Å². The minimum atomic E-state index is -0.0513. The van der Waals surface area contributed by atoms with Gasteiger partial charge in [0.25, 0.3) is 0 Å². The number of hydrogen-bond acceptors (Lipinski definition) is 5. The molecule has 1 aromatic heterocycles. The second kappa shape index (κ2) is 5.31. The van der Waals surface area contributed by atoms with Crippen LogP contribution in [0.4, 0.5) is 5.69 Å². The van der Waals surface area contributed by atoms with Gasteiger partial charge in [0, 0.05) is 23.7 Å². The number of allylic oxidation sites excluding steroid dienone is 1. The lowest BCUT2D eigenvalue weighted by molar-refractivity contribution is 0.104. The van der Waals surface area contributed by atoms with Crippen molar-refractivity contribution in [3.8, 4) is 0 Å². The molecule has 2 aliphatic rings. The van der Waals surface area contributed by atoms with E-state index in [-0.39, 0.29) is 5.78 Å². The van der Waals surface area contributed by atoms with Gasteiger partial charge in [0.15, 0.2) is 5.78 Å². The number of carbonyl (C=O) groups excluding carboxylic acids is 1. The maximum absolute atomic E-state index is 12.8. The van der Waals surface area contributed by atoms with Crippen molar-refractivity contribution in [3.63, 3.8) is 0 Å². The van der Waals surface area contributed by atoms with Gasteiger partial charge in [-0.05, 0) is 30.3 Å². The van der Waals surface area contributed by atoms with Crippen LogP contribution in [0.25, 0.3) is 11.0 Å². The number of nitrogens with one attached hydrogen (secondary N) is 2. The summed E-state index contributed by atoms with van der Waals surface area (Å²) in [7, 11) is 0. The molecule has 0 aliphatic carbocycles.